The van der Waals surface area contributed by atoms with Gasteiger partial charge in [-0.3, -0.25) is 15.0 Å². The SMILES string of the molecule is O=C(/C=C/c1cnc2c(c1)CN(CCN1CCOCC1)C(=O)N2)N1CCC(=Cc2cccs2)CC1. The maximum Gasteiger partial charge on any atom is 0.323 e. The van der Waals surface area contributed by atoms with E-state index in [2.05, 4.69) is 38.8 Å². The number of nitrogens with one attached hydrogen (secondary N) is 1. The van der Waals surface area contributed by atoms with Gasteiger partial charge < -0.3 is 14.5 Å². The molecule has 2 aromatic rings. The number of fused-ring (bicyclic) bond motifs is 1. The number of pyridine rings is 1. The highest BCUT2D eigenvalue weighted by Crippen LogP contribution is 2.24. The molecule has 3 amide bonds. The van der Waals surface area contributed by atoms with Gasteiger partial charge in [0.05, 0.1) is 19.8 Å². The quantitative estimate of drug-likeness (QED) is 0.623. The van der Waals surface area contributed by atoms with Crippen molar-refractivity contribution in [2.24, 2.45) is 0 Å². The van der Waals surface area contributed by atoms with Crippen molar-refractivity contribution in [3.05, 3.63) is 57.4 Å². The Balaban J connectivity index is 1.15. The zero-order valence-electron chi connectivity index (χ0n) is 19.8. The molecule has 0 atom stereocenters. The van der Waals surface area contributed by atoms with Crippen molar-refractivity contribution in [3.63, 3.8) is 0 Å². The van der Waals surface area contributed by atoms with Crippen molar-refractivity contribution < 1.29 is 14.3 Å². The molecule has 0 saturated carbocycles. The van der Waals surface area contributed by atoms with Crippen LogP contribution in [0.2, 0.25) is 0 Å². The molecule has 8 nitrogen and oxygen atoms in total. The summed E-state index contributed by atoms with van der Waals surface area (Å²) >= 11 is 1.74. The Morgan fingerprint density at radius 2 is 2.00 bits per heavy atom. The Kier molecular flexibility index (Phi) is 7.56. The molecule has 1 N–H and O–H groups in total. The lowest BCUT2D eigenvalue weighted by Crippen LogP contribution is -2.45. The largest absolute Gasteiger partial charge is 0.379 e. The molecule has 0 bridgehead atoms. The lowest BCUT2D eigenvalue weighted by atomic mass is 10.0. The topological polar surface area (TPSA) is 78.0 Å². The van der Waals surface area contributed by atoms with E-state index >= 15 is 0 Å². The molecule has 0 unspecified atom stereocenters. The van der Waals surface area contributed by atoms with E-state index in [4.69, 9.17) is 4.74 Å². The predicted molar refractivity (Wildman–Crippen MR) is 138 cm³/mol. The maximum absolute atomic E-state index is 12.7. The fourth-order valence-electron chi connectivity index (χ4n) is 4.58. The fourth-order valence-corrected chi connectivity index (χ4v) is 5.29. The van der Waals surface area contributed by atoms with Crippen LogP contribution in [0.25, 0.3) is 12.2 Å². The summed E-state index contributed by atoms with van der Waals surface area (Å²) < 4.78 is 5.40. The third-order valence-electron chi connectivity index (χ3n) is 6.68. The van der Waals surface area contributed by atoms with Gasteiger partial charge in [0.2, 0.25) is 5.91 Å². The van der Waals surface area contributed by atoms with Crippen LogP contribution in [0.15, 0.2) is 41.4 Å². The van der Waals surface area contributed by atoms with E-state index in [1.54, 1.807) is 23.6 Å². The Morgan fingerprint density at radius 3 is 2.77 bits per heavy atom. The third-order valence-corrected chi connectivity index (χ3v) is 7.50. The van der Waals surface area contributed by atoms with Crippen molar-refractivity contribution in [1.82, 2.24) is 19.7 Å². The van der Waals surface area contributed by atoms with Crippen molar-refractivity contribution in [1.29, 1.82) is 0 Å². The molecule has 2 fully saturated rings. The summed E-state index contributed by atoms with van der Waals surface area (Å²) in [6, 6.07) is 6.08. The first-order valence-corrected chi connectivity index (χ1v) is 13.1. The number of aromatic nitrogens is 1. The zero-order chi connectivity index (χ0) is 24.0. The number of hydrogen-bond acceptors (Lipinski definition) is 6. The zero-order valence-corrected chi connectivity index (χ0v) is 20.6. The van der Waals surface area contributed by atoms with Crippen LogP contribution in [0, 0.1) is 0 Å². The monoisotopic (exact) mass is 493 g/mol. The van der Waals surface area contributed by atoms with Crippen LogP contribution in [0.5, 0.6) is 0 Å². The van der Waals surface area contributed by atoms with E-state index < -0.39 is 0 Å². The van der Waals surface area contributed by atoms with Gasteiger partial charge in [-0.05, 0) is 48.1 Å². The first-order chi connectivity index (χ1) is 17.1. The number of urea groups is 1. The number of amides is 3. The minimum atomic E-state index is -0.116. The smallest absolute Gasteiger partial charge is 0.323 e. The molecule has 0 spiro atoms. The molecule has 3 aliphatic heterocycles. The average molecular weight is 494 g/mol. The normalized spacial score (nSPS) is 19.1. The highest BCUT2D eigenvalue weighted by Gasteiger charge is 2.24. The Morgan fingerprint density at radius 1 is 1.17 bits per heavy atom. The molecular weight excluding hydrogens is 462 g/mol. The van der Waals surface area contributed by atoms with Crippen molar-refractivity contribution in [2.75, 3.05) is 57.8 Å². The Labute approximate surface area is 209 Å². The number of carbonyl (C=O) groups excluding carboxylic acids is 2. The number of ether oxygens (including phenoxy) is 1. The summed E-state index contributed by atoms with van der Waals surface area (Å²) in [5.41, 5.74) is 3.22. The molecule has 0 radical (unpaired) electrons. The molecule has 2 aromatic heterocycles. The number of likely N-dealkylation sites (tertiary alicyclic amines) is 1. The first kappa shape index (κ1) is 23.7. The third kappa shape index (κ3) is 6.17. The minimum absolute atomic E-state index is 0.0262. The molecule has 0 aromatic carbocycles. The van der Waals surface area contributed by atoms with Crippen molar-refractivity contribution in [3.8, 4) is 0 Å². The number of anilines is 1. The van der Waals surface area contributed by atoms with Gasteiger partial charge >= 0.3 is 6.03 Å². The Bertz CT molecular complexity index is 1100. The van der Waals surface area contributed by atoms with Crippen molar-refractivity contribution in [2.45, 2.75) is 19.4 Å². The van der Waals surface area contributed by atoms with E-state index in [9.17, 15) is 9.59 Å². The molecule has 9 heteroatoms. The molecular formula is C26H31N5O3S. The number of nitrogens with zero attached hydrogens (tertiary/aromatic N) is 4. The highest BCUT2D eigenvalue weighted by atomic mass is 32.1. The lowest BCUT2D eigenvalue weighted by Gasteiger charge is -2.32. The second kappa shape index (κ2) is 11.2. The molecule has 0 aliphatic carbocycles. The van der Waals surface area contributed by atoms with E-state index in [1.165, 1.54) is 10.5 Å². The van der Waals surface area contributed by atoms with Gasteiger partial charge in [0.1, 0.15) is 5.82 Å². The van der Waals surface area contributed by atoms with Crippen LogP contribution in [0.4, 0.5) is 10.6 Å². The summed E-state index contributed by atoms with van der Waals surface area (Å²) in [5, 5.41) is 4.98. The van der Waals surface area contributed by atoms with E-state index in [-0.39, 0.29) is 11.9 Å². The van der Waals surface area contributed by atoms with Crippen LogP contribution < -0.4 is 5.32 Å². The van der Waals surface area contributed by atoms with Crippen LogP contribution in [-0.4, -0.2) is 84.1 Å². The summed E-state index contributed by atoms with van der Waals surface area (Å²) in [6.45, 7) is 6.78. The summed E-state index contributed by atoms with van der Waals surface area (Å²) in [6.07, 6.45) is 9.24. The summed E-state index contributed by atoms with van der Waals surface area (Å²) in [7, 11) is 0. The van der Waals surface area contributed by atoms with E-state index in [0.29, 0.717) is 18.9 Å². The van der Waals surface area contributed by atoms with Gasteiger partial charge in [0.15, 0.2) is 0 Å². The van der Waals surface area contributed by atoms with Crippen LogP contribution in [0.1, 0.15) is 28.8 Å². The molecule has 184 valence electrons. The van der Waals surface area contributed by atoms with Gasteiger partial charge in [-0.1, -0.05) is 11.6 Å². The second-order valence-corrected chi connectivity index (χ2v) is 10.0. The molecule has 2 saturated heterocycles. The van der Waals surface area contributed by atoms with Gasteiger partial charge in [0.25, 0.3) is 0 Å². The van der Waals surface area contributed by atoms with Gasteiger partial charge in [0, 0.05) is 62.0 Å². The number of hydrogen-bond donors (Lipinski definition) is 1. The number of rotatable bonds is 6. The lowest BCUT2D eigenvalue weighted by molar-refractivity contribution is -0.126. The van der Waals surface area contributed by atoms with Crippen LogP contribution in [-0.2, 0) is 16.1 Å². The molecule has 5 rings (SSSR count). The number of thiophene rings is 1. The number of piperidine rings is 1. The minimum Gasteiger partial charge on any atom is -0.379 e. The molecule has 3 aliphatic rings. The predicted octanol–water partition coefficient (Wildman–Crippen LogP) is 3.54. The molecule has 5 heterocycles. The number of morpholine rings is 1. The first-order valence-electron chi connectivity index (χ1n) is 12.2. The molecule has 35 heavy (non-hydrogen) atoms. The number of carbonyl (C=O) groups is 2. The summed E-state index contributed by atoms with van der Waals surface area (Å²) in [5.74, 6) is 0.625. The van der Waals surface area contributed by atoms with Gasteiger partial charge in [-0.2, -0.15) is 0 Å². The second-order valence-electron chi connectivity index (χ2n) is 9.06. The Hall–Kier alpha value is -3.01. The highest BCUT2D eigenvalue weighted by molar-refractivity contribution is 7.10. The van der Waals surface area contributed by atoms with Gasteiger partial charge in [-0.25, -0.2) is 9.78 Å². The van der Waals surface area contributed by atoms with Crippen molar-refractivity contribution >= 4 is 41.2 Å². The van der Waals surface area contributed by atoms with Crippen LogP contribution >= 0.6 is 11.3 Å². The van der Waals surface area contributed by atoms with Gasteiger partial charge in [-0.15, -0.1) is 11.3 Å². The van der Waals surface area contributed by atoms with Crippen LogP contribution in [0.3, 0.4) is 0 Å². The average Bonchev–Trinajstić information content (AvgIpc) is 3.40. The summed E-state index contributed by atoms with van der Waals surface area (Å²) in [4.78, 5) is 36.9. The standard InChI is InChI=1S/C26H31N5O3S/c32-24(30-7-5-20(6-8-30)17-23-2-1-15-35-23)4-3-21-16-22-19-31(26(33)28-25(22)27-18-21)10-9-29-11-13-34-14-12-29/h1-4,15-18H,5-14,19H2,(H,27,28,33)/b4-3+. The fraction of sp³-hybridized carbons (Fsp3) is 0.423. The van der Waals surface area contributed by atoms with E-state index in [0.717, 1.165) is 69.9 Å². The van der Waals surface area contributed by atoms with E-state index in [1.807, 2.05) is 21.9 Å². The maximum atomic E-state index is 12.7.